The molecule has 2 aromatic rings. The minimum absolute atomic E-state index is 0.229. The summed E-state index contributed by atoms with van der Waals surface area (Å²) < 4.78 is 1.83. The smallest absolute Gasteiger partial charge is 0.0525 e. The van der Waals surface area contributed by atoms with Crippen molar-refractivity contribution in [3.05, 3.63) is 48.0 Å². The molecule has 106 valence electrons. The highest BCUT2D eigenvalue weighted by Gasteiger charge is 2.33. The largest absolute Gasteiger partial charge is 0.396 e. The van der Waals surface area contributed by atoms with Crippen LogP contribution in [0.15, 0.2) is 36.9 Å². The summed E-state index contributed by atoms with van der Waals surface area (Å²) >= 11 is 0. The fraction of sp³-hybridized carbons (Fsp3) is 0.467. The van der Waals surface area contributed by atoms with E-state index in [4.69, 9.17) is 0 Å². The molecule has 0 spiro atoms. The molecule has 0 radical (unpaired) electrons. The van der Waals surface area contributed by atoms with Crippen molar-refractivity contribution in [1.29, 1.82) is 0 Å². The molecule has 1 aliphatic rings. The van der Waals surface area contributed by atoms with Gasteiger partial charge in [0.05, 0.1) is 6.20 Å². The number of hydrogen-bond acceptors (Lipinski definition) is 4. The number of hydrogen-bond donors (Lipinski definition) is 1. The zero-order valence-corrected chi connectivity index (χ0v) is 11.7. The summed E-state index contributed by atoms with van der Waals surface area (Å²) in [6.45, 7) is 3.04. The molecule has 0 bridgehead atoms. The molecule has 5 heteroatoms. The number of nitrogens with zero attached hydrogens (tertiary/aromatic N) is 4. The molecule has 5 nitrogen and oxygen atoms in total. The molecule has 1 fully saturated rings. The fourth-order valence-corrected chi connectivity index (χ4v) is 3.03. The average Bonchev–Trinajstić information content (AvgIpc) is 3.06. The summed E-state index contributed by atoms with van der Waals surface area (Å²) in [5.41, 5.74) is 2.49. The Kier molecular flexibility index (Phi) is 3.80. The summed E-state index contributed by atoms with van der Waals surface area (Å²) in [7, 11) is 1.93. The van der Waals surface area contributed by atoms with Crippen molar-refractivity contribution in [3.63, 3.8) is 0 Å². The lowest BCUT2D eigenvalue weighted by atomic mass is 9.92. The van der Waals surface area contributed by atoms with Crippen LogP contribution in [0.25, 0.3) is 0 Å². The topological polar surface area (TPSA) is 54.2 Å². The molecule has 0 amide bonds. The van der Waals surface area contributed by atoms with Gasteiger partial charge in [0.25, 0.3) is 0 Å². The summed E-state index contributed by atoms with van der Waals surface area (Å²) in [5, 5.41) is 13.9. The minimum Gasteiger partial charge on any atom is -0.396 e. The van der Waals surface area contributed by atoms with Gasteiger partial charge in [-0.3, -0.25) is 14.6 Å². The van der Waals surface area contributed by atoms with Crippen molar-refractivity contribution in [1.82, 2.24) is 19.7 Å². The normalized spacial score (nSPS) is 23.3. The van der Waals surface area contributed by atoms with Crippen molar-refractivity contribution in [2.45, 2.75) is 12.5 Å². The van der Waals surface area contributed by atoms with E-state index in [0.29, 0.717) is 11.8 Å². The second kappa shape index (κ2) is 5.73. The molecule has 3 heterocycles. The SMILES string of the molecule is Cn1cc([C@@H]2CN(Cc3ccncc3)C[C@H]2CO)cn1. The molecule has 1 aliphatic heterocycles. The Morgan fingerprint density at radius 1 is 1.30 bits per heavy atom. The van der Waals surface area contributed by atoms with E-state index in [0.717, 1.165) is 19.6 Å². The van der Waals surface area contributed by atoms with Crippen molar-refractivity contribution >= 4 is 0 Å². The number of aromatic nitrogens is 3. The monoisotopic (exact) mass is 272 g/mol. The van der Waals surface area contributed by atoms with Gasteiger partial charge in [-0.2, -0.15) is 5.10 Å². The van der Waals surface area contributed by atoms with E-state index in [2.05, 4.69) is 21.2 Å². The van der Waals surface area contributed by atoms with E-state index in [1.165, 1.54) is 11.1 Å². The Hall–Kier alpha value is -1.72. The number of pyridine rings is 1. The highest BCUT2D eigenvalue weighted by molar-refractivity contribution is 5.17. The van der Waals surface area contributed by atoms with E-state index in [9.17, 15) is 5.11 Å². The first-order valence-electron chi connectivity index (χ1n) is 6.97. The summed E-state index contributed by atoms with van der Waals surface area (Å²) in [5.74, 6) is 0.663. The highest BCUT2D eigenvalue weighted by Crippen LogP contribution is 2.32. The molecular weight excluding hydrogens is 252 g/mol. The second-order valence-electron chi connectivity index (χ2n) is 5.55. The van der Waals surface area contributed by atoms with Gasteiger partial charge in [0, 0.05) is 63.7 Å². The van der Waals surface area contributed by atoms with Gasteiger partial charge in [0.15, 0.2) is 0 Å². The van der Waals surface area contributed by atoms with Gasteiger partial charge in [0.1, 0.15) is 0 Å². The van der Waals surface area contributed by atoms with E-state index in [1.54, 1.807) is 0 Å². The fourth-order valence-electron chi connectivity index (χ4n) is 3.03. The van der Waals surface area contributed by atoms with Crippen LogP contribution in [-0.4, -0.2) is 44.5 Å². The lowest BCUT2D eigenvalue weighted by Gasteiger charge is -2.15. The third kappa shape index (κ3) is 2.73. The molecule has 0 aromatic carbocycles. The van der Waals surface area contributed by atoms with Crippen LogP contribution in [0.4, 0.5) is 0 Å². The molecular formula is C15H20N4O. The van der Waals surface area contributed by atoms with Crippen molar-refractivity contribution in [3.8, 4) is 0 Å². The van der Waals surface area contributed by atoms with Gasteiger partial charge >= 0.3 is 0 Å². The number of rotatable bonds is 4. The van der Waals surface area contributed by atoms with E-state index in [-0.39, 0.29) is 6.61 Å². The predicted octanol–water partition coefficient (Wildman–Crippen LogP) is 1.02. The first-order valence-corrected chi connectivity index (χ1v) is 6.97. The van der Waals surface area contributed by atoms with E-state index < -0.39 is 0 Å². The van der Waals surface area contributed by atoms with Crippen LogP contribution in [0.3, 0.4) is 0 Å². The molecule has 0 unspecified atom stereocenters. The van der Waals surface area contributed by atoms with Gasteiger partial charge < -0.3 is 5.11 Å². The Labute approximate surface area is 118 Å². The minimum atomic E-state index is 0.229. The first-order chi connectivity index (χ1) is 9.76. The number of likely N-dealkylation sites (tertiary alicyclic amines) is 1. The van der Waals surface area contributed by atoms with Gasteiger partial charge in [-0.1, -0.05) is 0 Å². The van der Waals surface area contributed by atoms with Crippen LogP contribution in [0.1, 0.15) is 17.0 Å². The molecule has 0 saturated carbocycles. The van der Waals surface area contributed by atoms with Crippen LogP contribution >= 0.6 is 0 Å². The van der Waals surface area contributed by atoms with Crippen LogP contribution in [-0.2, 0) is 13.6 Å². The molecule has 20 heavy (non-hydrogen) atoms. The van der Waals surface area contributed by atoms with Crippen molar-refractivity contribution < 1.29 is 5.11 Å². The molecule has 0 aliphatic carbocycles. The number of aryl methyl sites for hydroxylation is 1. The van der Waals surface area contributed by atoms with Crippen LogP contribution in [0.5, 0.6) is 0 Å². The van der Waals surface area contributed by atoms with Crippen LogP contribution in [0, 0.1) is 5.92 Å². The number of aliphatic hydroxyl groups is 1. The van der Waals surface area contributed by atoms with Gasteiger partial charge in [0.2, 0.25) is 0 Å². The Morgan fingerprint density at radius 2 is 2.10 bits per heavy atom. The highest BCUT2D eigenvalue weighted by atomic mass is 16.3. The van der Waals surface area contributed by atoms with Gasteiger partial charge in [-0.15, -0.1) is 0 Å². The summed E-state index contributed by atoms with van der Waals surface area (Å²) in [4.78, 5) is 6.44. The maximum absolute atomic E-state index is 9.62. The van der Waals surface area contributed by atoms with Gasteiger partial charge in [-0.25, -0.2) is 0 Å². The standard InChI is InChI=1S/C15H20N4O/c1-18-8-13(6-17-18)15-10-19(9-14(15)11-20)7-12-2-4-16-5-3-12/h2-6,8,14-15,20H,7,9-11H2,1H3/t14-,15-/m0/s1. The van der Waals surface area contributed by atoms with Gasteiger partial charge in [-0.05, 0) is 23.3 Å². The second-order valence-corrected chi connectivity index (χ2v) is 5.55. The summed E-state index contributed by atoms with van der Waals surface area (Å²) in [6, 6.07) is 4.09. The Bertz CT molecular complexity index is 554. The van der Waals surface area contributed by atoms with E-state index in [1.807, 2.05) is 42.5 Å². The van der Waals surface area contributed by atoms with Crippen molar-refractivity contribution in [2.75, 3.05) is 19.7 Å². The number of aliphatic hydroxyl groups excluding tert-OH is 1. The zero-order valence-electron chi connectivity index (χ0n) is 11.7. The maximum Gasteiger partial charge on any atom is 0.0525 e. The maximum atomic E-state index is 9.62. The quantitative estimate of drug-likeness (QED) is 0.903. The molecule has 1 N–H and O–H groups in total. The Morgan fingerprint density at radius 3 is 2.75 bits per heavy atom. The summed E-state index contributed by atoms with van der Waals surface area (Å²) in [6.07, 6.45) is 7.63. The third-order valence-corrected chi connectivity index (χ3v) is 4.06. The average molecular weight is 272 g/mol. The lowest BCUT2D eigenvalue weighted by Crippen LogP contribution is -2.20. The first kappa shape index (κ1) is 13.3. The van der Waals surface area contributed by atoms with Crippen LogP contribution < -0.4 is 0 Å². The molecule has 2 atom stereocenters. The van der Waals surface area contributed by atoms with Crippen LogP contribution in [0.2, 0.25) is 0 Å². The third-order valence-electron chi connectivity index (χ3n) is 4.06. The molecule has 3 rings (SSSR count). The molecule has 2 aromatic heterocycles. The zero-order chi connectivity index (χ0) is 13.9. The lowest BCUT2D eigenvalue weighted by molar-refractivity contribution is 0.214. The molecule has 1 saturated heterocycles. The van der Waals surface area contributed by atoms with E-state index >= 15 is 0 Å². The predicted molar refractivity (Wildman–Crippen MR) is 76.0 cm³/mol. The van der Waals surface area contributed by atoms with Crippen molar-refractivity contribution in [2.24, 2.45) is 13.0 Å². The Balaban J connectivity index is 1.71.